The van der Waals surface area contributed by atoms with Crippen molar-refractivity contribution in [3.05, 3.63) is 58.9 Å². The molecule has 18 heavy (non-hydrogen) atoms. The van der Waals surface area contributed by atoms with E-state index in [0.29, 0.717) is 12.4 Å². The van der Waals surface area contributed by atoms with Crippen molar-refractivity contribution in [2.45, 2.75) is 6.61 Å². The van der Waals surface area contributed by atoms with Crippen LogP contribution < -0.4 is 9.47 Å². The molecule has 0 saturated heterocycles. The lowest BCUT2D eigenvalue weighted by Gasteiger charge is -2.10. The molecule has 0 atom stereocenters. The van der Waals surface area contributed by atoms with Crippen molar-refractivity contribution in [3.8, 4) is 11.5 Å². The van der Waals surface area contributed by atoms with Crippen LogP contribution in [0.1, 0.15) is 5.56 Å². The van der Waals surface area contributed by atoms with Gasteiger partial charge in [0.1, 0.15) is 23.9 Å². The standard InChI is InChI=1S/C14H12ClFO2/c1-17-14-5-3-2-4-10(14)9-18-11-6-7-12(15)13(16)8-11/h2-8H,9H2,1H3. The van der Waals surface area contributed by atoms with Gasteiger partial charge < -0.3 is 9.47 Å². The molecule has 2 rings (SSSR count). The molecule has 94 valence electrons. The fourth-order valence-corrected chi connectivity index (χ4v) is 1.67. The first-order chi connectivity index (χ1) is 8.70. The molecule has 2 aromatic carbocycles. The van der Waals surface area contributed by atoms with E-state index < -0.39 is 5.82 Å². The van der Waals surface area contributed by atoms with Crippen molar-refractivity contribution in [1.82, 2.24) is 0 Å². The second-order valence-corrected chi connectivity index (χ2v) is 4.08. The zero-order valence-electron chi connectivity index (χ0n) is 9.82. The Balaban J connectivity index is 2.09. The van der Waals surface area contributed by atoms with Gasteiger partial charge in [-0.05, 0) is 18.2 Å². The predicted molar refractivity (Wildman–Crippen MR) is 68.7 cm³/mol. The van der Waals surface area contributed by atoms with Crippen molar-refractivity contribution in [1.29, 1.82) is 0 Å². The highest BCUT2D eigenvalue weighted by molar-refractivity contribution is 6.30. The number of rotatable bonds is 4. The lowest BCUT2D eigenvalue weighted by atomic mass is 10.2. The van der Waals surface area contributed by atoms with Crippen molar-refractivity contribution < 1.29 is 13.9 Å². The molecule has 0 aliphatic heterocycles. The molecule has 0 aliphatic rings. The number of ether oxygens (including phenoxy) is 2. The highest BCUT2D eigenvalue weighted by Crippen LogP contribution is 2.23. The van der Waals surface area contributed by atoms with Crippen LogP contribution in [0.25, 0.3) is 0 Å². The molecule has 0 aliphatic carbocycles. The number of hydrogen-bond donors (Lipinski definition) is 0. The molecule has 0 aromatic heterocycles. The van der Waals surface area contributed by atoms with Crippen LogP contribution in [0.3, 0.4) is 0 Å². The van der Waals surface area contributed by atoms with Crippen molar-refractivity contribution >= 4 is 11.6 Å². The average molecular weight is 267 g/mol. The van der Waals surface area contributed by atoms with Gasteiger partial charge in [0.25, 0.3) is 0 Å². The van der Waals surface area contributed by atoms with Crippen LogP contribution >= 0.6 is 11.6 Å². The summed E-state index contributed by atoms with van der Waals surface area (Å²) in [5.41, 5.74) is 0.898. The maximum absolute atomic E-state index is 13.2. The van der Waals surface area contributed by atoms with E-state index in [-0.39, 0.29) is 5.02 Å². The van der Waals surface area contributed by atoms with Gasteiger partial charge in [-0.2, -0.15) is 0 Å². The fraction of sp³-hybridized carbons (Fsp3) is 0.143. The normalized spacial score (nSPS) is 10.2. The first kappa shape index (κ1) is 12.7. The van der Waals surface area contributed by atoms with Gasteiger partial charge in [-0.25, -0.2) is 4.39 Å². The van der Waals surface area contributed by atoms with Crippen LogP contribution in [-0.2, 0) is 6.61 Å². The van der Waals surface area contributed by atoms with Gasteiger partial charge in [0.05, 0.1) is 12.1 Å². The molecule has 2 aromatic rings. The van der Waals surface area contributed by atoms with Crippen molar-refractivity contribution in [2.75, 3.05) is 7.11 Å². The second-order valence-electron chi connectivity index (χ2n) is 3.68. The SMILES string of the molecule is COc1ccccc1COc1ccc(Cl)c(F)c1. The van der Waals surface area contributed by atoms with Crippen LogP contribution in [0.5, 0.6) is 11.5 Å². The summed E-state index contributed by atoms with van der Waals surface area (Å²) >= 11 is 5.59. The fourth-order valence-electron chi connectivity index (χ4n) is 1.55. The van der Waals surface area contributed by atoms with E-state index in [1.165, 1.54) is 12.1 Å². The maximum Gasteiger partial charge on any atom is 0.145 e. The molecule has 2 nitrogen and oxygen atoms in total. The molecular weight excluding hydrogens is 255 g/mol. The summed E-state index contributed by atoms with van der Waals surface area (Å²) in [7, 11) is 1.60. The minimum Gasteiger partial charge on any atom is -0.496 e. The molecule has 0 spiro atoms. The molecule has 4 heteroatoms. The third kappa shape index (κ3) is 2.93. The van der Waals surface area contributed by atoms with Gasteiger partial charge in [0.15, 0.2) is 0 Å². The van der Waals surface area contributed by atoms with E-state index in [1.807, 2.05) is 24.3 Å². The Morgan fingerprint density at radius 1 is 1.17 bits per heavy atom. The van der Waals surface area contributed by atoms with Crippen LogP contribution in [0.4, 0.5) is 4.39 Å². The minimum absolute atomic E-state index is 0.0830. The molecular formula is C14H12ClFO2. The zero-order valence-corrected chi connectivity index (χ0v) is 10.6. The van der Waals surface area contributed by atoms with E-state index in [2.05, 4.69) is 0 Å². The lowest BCUT2D eigenvalue weighted by molar-refractivity contribution is 0.295. The third-order valence-electron chi connectivity index (χ3n) is 2.48. The quantitative estimate of drug-likeness (QED) is 0.831. The Labute approximate surface area is 110 Å². The van der Waals surface area contributed by atoms with E-state index in [4.69, 9.17) is 21.1 Å². The summed E-state index contributed by atoms with van der Waals surface area (Å²) in [5.74, 6) is 0.684. The van der Waals surface area contributed by atoms with Gasteiger partial charge in [0.2, 0.25) is 0 Å². The Bertz CT molecular complexity index is 543. The summed E-state index contributed by atoms with van der Waals surface area (Å²) < 4.78 is 23.9. The topological polar surface area (TPSA) is 18.5 Å². The largest absolute Gasteiger partial charge is 0.496 e. The van der Waals surface area contributed by atoms with Gasteiger partial charge in [-0.15, -0.1) is 0 Å². The Hall–Kier alpha value is -1.74. The van der Waals surface area contributed by atoms with Crippen LogP contribution in [-0.4, -0.2) is 7.11 Å². The van der Waals surface area contributed by atoms with Gasteiger partial charge in [-0.3, -0.25) is 0 Å². The van der Waals surface area contributed by atoms with Gasteiger partial charge in [-0.1, -0.05) is 29.8 Å². The Morgan fingerprint density at radius 3 is 2.67 bits per heavy atom. The second kappa shape index (κ2) is 5.74. The van der Waals surface area contributed by atoms with Gasteiger partial charge >= 0.3 is 0 Å². The number of halogens is 2. The summed E-state index contributed by atoms with van der Waals surface area (Å²) in [5, 5.41) is 0.0830. The maximum atomic E-state index is 13.2. The molecule has 0 amide bonds. The summed E-state index contributed by atoms with van der Waals surface area (Å²) in [6.45, 7) is 0.311. The molecule has 0 heterocycles. The molecule has 0 radical (unpaired) electrons. The van der Waals surface area contributed by atoms with E-state index in [1.54, 1.807) is 13.2 Å². The smallest absolute Gasteiger partial charge is 0.145 e. The van der Waals surface area contributed by atoms with E-state index in [0.717, 1.165) is 11.3 Å². The van der Waals surface area contributed by atoms with E-state index >= 15 is 0 Å². The number of para-hydroxylation sites is 1. The first-order valence-corrected chi connectivity index (χ1v) is 5.78. The lowest BCUT2D eigenvalue weighted by Crippen LogP contribution is -1.98. The van der Waals surface area contributed by atoms with Crippen LogP contribution in [0.2, 0.25) is 5.02 Å². The molecule has 0 unspecified atom stereocenters. The Morgan fingerprint density at radius 2 is 1.94 bits per heavy atom. The van der Waals surface area contributed by atoms with E-state index in [9.17, 15) is 4.39 Å². The molecule has 0 saturated carbocycles. The first-order valence-electron chi connectivity index (χ1n) is 5.40. The molecule has 0 N–H and O–H groups in total. The molecule has 0 fully saturated rings. The summed E-state index contributed by atoms with van der Waals surface area (Å²) in [4.78, 5) is 0. The van der Waals surface area contributed by atoms with Gasteiger partial charge in [0, 0.05) is 11.6 Å². The zero-order chi connectivity index (χ0) is 13.0. The number of methoxy groups -OCH3 is 1. The van der Waals surface area contributed by atoms with Crippen molar-refractivity contribution in [2.24, 2.45) is 0 Å². The van der Waals surface area contributed by atoms with Crippen LogP contribution in [0.15, 0.2) is 42.5 Å². The highest BCUT2D eigenvalue weighted by atomic mass is 35.5. The predicted octanol–water partition coefficient (Wildman–Crippen LogP) is 4.07. The third-order valence-corrected chi connectivity index (χ3v) is 2.78. The monoisotopic (exact) mass is 266 g/mol. The number of benzene rings is 2. The highest BCUT2D eigenvalue weighted by Gasteiger charge is 2.05. The minimum atomic E-state index is -0.491. The summed E-state index contributed by atoms with van der Waals surface area (Å²) in [6.07, 6.45) is 0. The summed E-state index contributed by atoms with van der Waals surface area (Å²) in [6, 6.07) is 11.9. The average Bonchev–Trinajstić information content (AvgIpc) is 2.40. The van der Waals surface area contributed by atoms with Crippen molar-refractivity contribution in [3.63, 3.8) is 0 Å². The van der Waals surface area contributed by atoms with Crippen LogP contribution in [0, 0.1) is 5.82 Å². The molecule has 0 bridgehead atoms. The Kier molecular flexibility index (Phi) is 4.05. The number of hydrogen-bond acceptors (Lipinski definition) is 2.